The number of unbranched alkanes of at least 4 members (excludes halogenated alkanes) is 2. The molecule has 95 valence electrons. The average Bonchev–Trinajstić information content (AvgIpc) is 2.22. The van der Waals surface area contributed by atoms with E-state index in [4.69, 9.17) is 0 Å². The van der Waals surface area contributed by atoms with Crippen LogP contribution in [0.5, 0.6) is 0 Å². The van der Waals surface area contributed by atoms with E-state index in [2.05, 4.69) is 47.4 Å². The van der Waals surface area contributed by atoms with Gasteiger partial charge in [-0.15, -0.1) is 9.24 Å². The molecule has 15 heavy (non-hydrogen) atoms. The third-order valence-corrected chi connectivity index (χ3v) is 2.17. The van der Waals surface area contributed by atoms with Gasteiger partial charge < -0.3 is 6.92 Å². The van der Waals surface area contributed by atoms with Gasteiger partial charge in [-0.1, -0.05) is 50.1 Å². The van der Waals surface area contributed by atoms with Gasteiger partial charge in [-0.2, -0.15) is 6.42 Å². The summed E-state index contributed by atoms with van der Waals surface area (Å²) in [6.07, 6.45) is 5.98. The van der Waals surface area contributed by atoms with Crippen molar-refractivity contribution in [3.8, 4) is 0 Å². The first-order valence-electron chi connectivity index (χ1n) is 5.38. The van der Waals surface area contributed by atoms with Crippen LogP contribution in [0.2, 0.25) is 0 Å². The van der Waals surface area contributed by atoms with E-state index < -0.39 is 0 Å². The SMILES string of the molecule is PCCc1ccccc1.[CH2-]CCCC.[Lu]. The Morgan fingerprint density at radius 1 is 1.20 bits per heavy atom. The molecule has 0 bridgehead atoms. The Kier molecular flexibility index (Phi) is 18.1. The smallest absolute Gasteiger partial charge is 0 e. The Labute approximate surface area is 127 Å². The fourth-order valence-electron chi connectivity index (χ4n) is 1.06. The van der Waals surface area contributed by atoms with E-state index in [1.165, 1.54) is 24.8 Å². The zero-order chi connectivity index (χ0) is 10.6. The minimum atomic E-state index is 0. The molecule has 0 aliphatic rings. The molecule has 0 nitrogen and oxygen atoms in total. The van der Waals surface area contributed by atoms with Gasteiger partial charge in [0.15, 0.2) is 0 Å². The number of hydrogen-bond donors (Lipinski definition) is 0. The van der Waals surface area contributed by atoms with Crippen molar-refractivity contribution in [1.29, 1.82) is 0 Å². The molecule has 1 radical (unpaired) electrons. The topological polar surface area (TPSA) is 0 Å². The van der Waals surface area contributed by atoms with E-state index in [0.29, 0.717) is 0 Å². The van der Waals surface area contributed by atoms with Crippen molar-refractivity contribution in [3.63, 3.8) is 0 Å². The third kappa shape index (κ3) is 12.8. The quantitative estimate of drug-likeness (QED) is 0.541. The molecule has 0 heterocycles. The fraction of sp³-hybridized carbons (Fsp3) is 0.462. The molecule has 0 saturated carbocycles. The first-order valence-corrected chi connectivity index (χ1v) is 6.20. The van der Waals surface area contributed by atoms with Gasteiger partial charge in [-0.25, -0.2) is 0 Å². The van der Waals surface area contributed by atoms with E-state index in [1.807, 2.05) is 6.07 Å². The van der Waals surface area contributed by atoms with Crippen LogP contribution in [0, 0.1) is 43.8 Å². The summed E-state index contributed by atoms with van der Waals surface area (Å²) in [7, 11) is 2.73. The van der Waals surface area contributed by atoms with Gasteiger partial charge >= 0.3 is 0 Å². The molecular weight excluding hydrogens is 362 g/mol. The van der Waals surface area contributed by atoms with Gasteiger partial charge in [0.25, 0.3) is 0 Å². The van der Waals surface area contributed by atoms with Crippen LogP contribution < -0.4 is 0 Å². The second-order valence-corrected chi connectivity index (χ2v) is 3.81. The van der Waals surface area contributed by atoms with Crippen molar-refractivity contribution in [2.45, 2.75) is 32.6 Å². The van der Waals surface area contributed by atoms with Crippen molar-refractivity contribution < 1.29 is 36.9 Å². The molecule has 1 atom stereocenters. The van der Waals surface area contributed by atoms with Crippen molar-refractivity contribution in [1.82, 2.24) is 0 Å². The summed E-state index contributed by atoms with van der Waals surface area (Å²) in [5.74, 6) is 0. The Morgan fingerprint density at radius 3 is 2.13 bits per heavy atom. The molecule has 1 unspecified atom stereocenters. The standard InChI is InChI=1S/C8H11P.C5H11.Lu/c9-7-6-8-4-2-1-3-5-8;1-3-5-4-2;/h1-5H,6-7,9H2;1,3-5H2,2H3;/q;-1;. The van der Waals surface area contributed by atoms with Crippen molar-refractivity contribution in [2.24, 2.45) is 0 Å². The summed E-state index contributed by atoms with van der Waals surface area (Å²) in [5.41, 5.74) is 1.42. The summed E-state index contributed by atoms with van der Waals surface area (Å²) in [6, 6.07) is 10.5. The molecule has 0 aliphatic carbocycles. The number of aryl methyl sites for hydroxylation is 1. The molecule has 0 saturated heterocycles. The molecule has 0 spiro atoms. The summed E-state index contributed by atoms with van der Waals surface area (Å²) in [4.78, 5) is 0. The van der Waals surface area contributed by atoms with E-state index in [0.717, 1.165) is 12.6 Å². The third-order valence-electron chi connectivity index (χ3n) is 1.88. The molecule has 1 aromatic carbocycles. The second-order valence-electron chi connectivity index (χ2n) is 3.23. The Morgan fingerprint density at radius 2 is 1.80 bits per heavy atom. The zero-order valence-corrected chi connectivity index (χ0v) is 12.3. The van der Waals surface area contributed by atoms with Gasteiger partial charge in [-0.05, 0) is 18.1 Å². The molecule has 0 aliphatic heterocycles. The van der Waals surface area contributed by atoms with Gasteiger partial charge in [0.05, 0.1) is 0 Å². The van der Waals surface area contributed by atoms with Crippen LogP contribution in [0.4, 0.5) is 0 Å². The van der Waals surface area contributed by atoms with Crippen molar-refractivity contribution >= 4 is 9.24 Å². The van der Waals surface area contributed by atoms with Crippen LogP contribution in [-0.4, -0.2) is 6.16 Å². The second kappa shape index (κ2) is 14.9. The van der Waals surface area contributed by atoms with Gasteiger partial charge in [0.1, 0.15) is 0 Å². The van der Waals surface area contributed by atoms with Crippen LogP contribution in [0.25, 0.3) is 0 Å². The molecule has 1 rings (SSSR count). The average molecular weight is 384 g/mol. The first-order chi connectivity index (χ1) is 6.85. The number of benzene rings is 1. The summed E-state index contributed by atoms with van der Waals surface area (Å²) in [5, 5.41) is 0. The fourth-order valence-corrected chi connectivity index (χ4v) is 1.39. The largest absolute Gasteiger partial charge is 0.343 e. The van der Waals surface area contributed by atoms with Gasteiger partial charge in [0.2, 0.25) is 0 Å². The van der Waals surface area contributed by atoms with Crippen LogP contribution in [0.15, 0.2) is 30.3 Å². The predicted octanol–water partition coefficient (Wildman–Crippen LogP) is 4.11. The Bertz CT molecular complexity index is 197. The number of rotatable bonds is 4. The minimum Gasteiger partial charge on any atom is -0.343 e. The zero-order valence-electron chi connectivity index (χ0n) is 9.46. The van der Waals surface area contributed by atoms with E-state index >= 15 is 0 Å². The molecule has 0 aromatic heterocycles. The Hall–Kier alpha value is 0.884. The normalized spacial score (nSPS) is 8.47. The van der Waals surface area contributed by atoms with Crippen LogP contribution in [0.1, 0.15) is 31.7 Å². The van der Waals surface area contributed by atoms with Crippen LogP contribution >= 0.6 is 9.24 Å². The number of hydrogen-bond acceptors (Lipinski definition) is 0. The minimum absolute atomic E-state index is 0. The molecular formula is C13H22LuP-. The monoisotopic (exact) mass is 384 g/mol. The molecule has 0 N–H and O–H groups in total. The van der Waals surface area contributed by atoms with Gasteiger partial charge in [0, 0.05) is 36.9 Å². The molecule has 2 heteroatoms. The molecule has 0 amide bonds. The van der Waals surface area contributed by atoms with Crippen LogP contribution in [-0.2, 0) is 6.42 Å². The maximum atomic E-state index is 3.68. The molecule has 1 aromatic rings. The molecule has 0 fully saturated rings. The predicted molar refractivity (Wildman–Crippen MR) is 69.6 cm³/mol. The summed E-state index contributed by atoms with van der Waals surface area (Å²) in [6.45, 7) is 5.85. The van der Waals surface area contributed by atoms with Crippen LogP contribution in [0.3, 0.4) is 0 Å². The van der Waals surface area contributed by atoms with Crippen molar-refractivity contribution in [2.75, 3.05) is 6.16 Å². The van der Waals surface area contributed by atoms with E-state index in [1.54, 1.807) is 0 Å². The van der Waals surface area contributed by atoms with E-state index in [-0.39, 0.29) is 36.9 Å². The Balaban J connectivity index is 0. The maximum Gasteiger partial charge on any atom is 0 e. The maximum absolute atomic E-state index is 3.68. The van der Waals surface area contributed by atoms with E-state index in [9.17, 15) is 0 Å². The first kappa shape index (κ1) is 18.3. The van der Waals surface area contributed by atoms with Crippen molar-refractivity contribution in [3.05, 3.63) is 42.8 Å². The summed E-state index contributed by atoms with van der Waals surface area (Å²) >= 11 is 0. The van der Waals surface area contributed by atoms with Gasteiger partial charge in [-0.3, -0.25) is 0 Å². The summed E-state index contributed by atoms with van der Waals surface area (Å²) < 4.78 is 0.